The van der Waals surface area contributed by atoms with Gasteiger partial charge in [-0.25, -0.2) is 0 Å². The zero-order valence-electron chi connectivity index (χ0n) is 14.3. The fourth-order valence-electron chi connectivity index (χ4n) is 2.24. The molecule has 4 heteroatoms. The van der Waals surface area contributed by atoms with Crippen LogP contribution in [0.1, 0.15) is 29.4 Å². The second kappa shape index (κ2) is 8.28. The zero-order valence-corrected chi connectivity index (χ0v) is 15.1. The Hall–Kier alpha value is -3.16. The van der Waals surface area contributed by atoms with Gasteiger partial charge in [-0.05, 0) is 36.8 Å². The van der Waals surface area contributed by atoms with Gasteiger partial charge >= 0.3 is 0 Å². The predicted molar refractivity (Wildman–Crippen MR) is 106 cm³/mol. The van der Waals surface area contributed by atoms with Crippen molar-refractivity contribution in [3.63, 3.8) is 0 Å². The molecule has 0 bridgehead atoms. The summed E-state index contributed by atoms with van der Waals surface area (Å²) in [5.74, 6) is 6.81. The Kier molecular flexibility index (Phi) is 5.62. The molecule has 2 aromatic carbocycles. The van der Waals surface area contributed by atoms with Gasteiger partial charge in [-0.1, -0.05) is 54.4 Å². The van der Waals surface area contributed by atoms with Crippen LogP contribution in [0.5, 0.6) is 5.75 Å². The Labute approximate surface area is 157 Å². The Morgan fingerprint density at radius 3 is 2.35 bits per heavy atom. The quantitative estimate of drug-likeness (QED) is 0.401. The van der Waals surface area contributed by atoms with E-state index in [0.717, 1.165) is 22.4 Å². The SMILES string of the molecule is CC(=NCc1ccc(C#Cc2ccccc2)cc1)c1cc(=S)c(O)co1. The van der Waals surface area contributed by atoms with Crippen molar-refractivity contribution in [1.29, 1.82) is 0 Å². The van der Waals surface area contributed by atoms with Crippen LogP contribution in [0.25, 0.3) is 0 Å². The molecule has 0 radical (unpaired) electrons. The van der Waals surface area contributed by atoms with Gasteiger partial charge in [0.05, 0.1) is 16.8 Å². The number of nitrogens with zero attached hydrogens (tertiary/aromatic N) is 1. The first-order valence-corrected chi connectivity index (χ1v) is 8.52. The molecule has 0 unspecified atom stereocenters. The predicted octanol–water partition coefficient (Wildman–Crippen LogP) is 5.12. The van der Waals surface area contributed by atoms with Gasteiger partial charge in [0.15, 0.2) is 5.75 Å². The maximum Gasteiger partial charge on any atom is 0.169 e. The van der Waals surface area contributed by atoms with Crippen molar-refractivity contribution in [3.05, 3.63) is 93.9 Å². The highest BCUT2D eigenvalue weighted by Gasteiger charge is 2.03. The Balaban J connectivity index is 1.68. The van der Waals surface area contributed by atoms with Gasteiger partial charge in [-0.2, -0.15) is 0 Å². The first kappa shape index (κ1) is 17.7. The normalized spacial score (nSPS) is 10.9. The summed E-state index contributed by atoms with van der Waals surface area (Å²) in [6, 6.07) is 19.5. The zero-order chi connectivity index (χ0) is 18.4. The molecule has 1 aromatic heterocycles. The van der Waals surface area contributed by atoms with E-state index in [2.05, 4.69) is 16.8 Å². The highest BCUT2D eigenvalue weighted by molar-refractivity contribution is 7.71. The lowest BCUT2D eigenvalue weighted by molar-refractivity contribution is 0.430. The van der Waals surface area contributed by atoms with Crippen molar-refractivity contribution in [2.24, 2.45) is 4.99 Å². The smallest absolute Gasteiger partial charge is 0.169 e. The van der Waals surface area contributed by atoms with Gasteiger partial charge < -0.3 is 9.52 Å². The Morgan fingerprint density at radius 2 is 1.69 bits per heavy atom. The van der Waals surface area contributed by atoms with Crippen LogP contribution in [0.2, 0.25) is 0 Å². The molecule has 128 valence electrons. The van der Waals surface area contributed by atoms with Crippen molar-refractivity contribution in [1.82, 2.24) is 0 Å². The van der Waals surface area contributed by atoms with Crippen molar-refractivity contribution in [3.8, 4) is 17.6 Å². The van der Waals surface area contributed by atoms with Gasteiger partial charge in [-0.15, -0.1) is 0 Å². The molecule has 1 heterocycles. The maximum atomic E-state index is 9.43. The topological polar surface area (TPSA) is 45.7 Å². The average Bonchev–Trinajstić information content (AvgIpc) is 2.68. The lowest BCUT2D eigenvalue weighted by Crippen LogP contribution is -1.96. The van der Waals surface area contributed by atoms with Gasteiger partial charge in [0, 0.05) is 17.2 Å². The van der Waals surface area contributed by atoms with Crippen molar-refractivity contribution >= 4 is 17.9 Å². The highest BCUT2D eigenvalue weighted by Crippen LogP contribution is 2.14. The van der Waals surface area contributed by atoms with Crippen LogP contribution in [0.3, 0.4) is 0 Å². The van der Waals surface area contributed by atoms with Gasteiger partial charge in [0.1, 0.15) is 12.0 Å². The van der Waals surface area contributed by atoms with Crippen LogP contribution in [-0.2, 0) is 6.54 Å². The number of rotatable bonds is 3. The monoisotopic (exact) mass is 359 g/mol. The minimum Gasteiger partial charge on any atom is -0.504 e. The molecular formula is C22H17NO2S. The third-order valence-corrected chi connectivity index (χ3v) is 4.07. The number of hydrogen-bond donors (Lipinski definition) is 1. The first-order valence-electron chi connectivity index (χ1n) is 8.11. The van der Waals surface area contributed by atoms with Gasteiger partial charge in [0.25, 0.3) is 0 Å². The standard InChI is InChI=1S/C22H17NO2S/c1-16(21-13-22(26)20(24)15-25-21)23-14-19-11-9-18(10-12-19)8-7-17-5-3-2-4-6-17/h2-6,9-13,15,24H,14H2,1H3. The highest BCUT2D eigenvalue weighted by atomic mass is 32.1. The molecule has 1 N–H and O–H groups in total. The van der Waals surface area contributed by atoms with Crippen molar-refractivity contribution < 1.29 is 9.52 Å². The van der Waals surface area contributed by atoms with Crippen LogP contribution in [0.4, 0.5) is 0 Å². The molecule has 0 saturated carbocycles. The van der Waals surface area contributed by atoms with E-state index in [-0.39, 0.29) is 5.75 Å². The van der Waals surface area contributed by atoms with Crippen LogP contribution < -0.4 is 0 Å². The summed E-state index contributed by atoms with van der Waals surface area (Å²) in [4.78, 5) is 4.52. The van der Waals surface area contributed by atoms with E-state index in [1.165, 1.54) is 6.26 Å². The Bertz CT molecular complexity index is 1040. The molecule has 3 aromatic rings. The van der Waals surface area contributed by atoms with E-state index >= 15 is 0 Å². The summed E-state index contributed by atoms with van der Waals surface area (Å²) >= 11 is 5.03. The van der Waals surface area contributed by atoms with E-state index < -0.39 is 0 Å². The minimum absolute atomic E-state index is 0.0382. The third-order valence-electron chi connectivity index (χ3n) is 3.75. The summed E-state index contributed by atoms with van der Waals surface area (Å²) in [6.07, 6.45) is 1.23. The van der Waals surface area contributed by atoms with E-state index in [0.29, 0.717) is 16.8 Å². The number of aliphatic imine (C=N–C) groups is 1. The molecule has 0 aliphatic heterocycles. The van der Waals surface area contributed by atoms with E-state index in [9.17, 15) is 5.11 Å². The molecule has 0 aliphatic rings. The summed E-state index contributed by atoms with van der Waals surface area (Å²) < 4.78 is 5.67. The molecule has 3 nitrogen and oxygen atoms in total. The van der Waals surface area contributed by atoms with Crippen LogP contribution in [0.15, 0.2) is 76.3 Å². The third kappa shape index (κ3) is 4.69. The Morgan fingerprint density at radius 1 is 1.04 bits per heavy atom. The second-order valence-electron chi connectivity index (χ2n) is 5.71. The number of benzene rings is 2. The molecular weight excluding hydrogens is 342 g/mol. The summed E-state index contributed by atoms with van der Waals surface area (Å²) in [5.41, 5.74) is 3.76. The molecule has 3 rings (SSSR count). The van der Waals surface area contributed by atoms with Gasteiger partial charge in [0.2, 0.25) is 0 Å². The van der Waals surface area contributed by atoms with E-state index in [4.69, 9.17) is 16.6 Å². The summed E-state index contributed by atoms with van der Waals surface area (Å²) in [7, 11) is 0. The summed E-state index contributed by atoms with van der Waals surface area (Å²) in [5, 5.41) is 9.43. The van der Waals surface area contributed by atoms with E-state index in [1.54, 1.807) is 6.07 Å². The lowest BCUT2D eigenvalue weighted by Gasteiger charge is -2.02. The molecule has 0 saturated heterocycles. The number of hydrogen-bond acceptors (Lipinski definition) is 4. The van der Waals surface area contributed by atoms with E-state index in [1.807, 2.05) is 61.5 Å². The molecule has 0 fully saturated rings. The summed E-state index contributed by atoms with van der Waals surface area (Å²) in [6.45, 7) is 2.38. The van der Waals surface area contributed by atoms with Crippen LogP contribution in [-0.4, -0.2) is 10.8 Å². The molecule has 0 atom stereocenters. The minimum atomic E-state index is -0.0382. The molecule has 0 aliphatic carbocycles. The maximum absolute atomic E-state index is 9.43. The lowest BCUT2D eigenvalue weighted by atomic mass is 10.1. The van der Waals surface area contributed by atoms with Gasteiger partial charge in [-0.3, -0.25) is 4.99 Å². The number of aromatic hydroxyl groups is 1. The van der Waals surface area contributed by atoms with Crippen molar-refractivity contribution in [2.75, 3.05) is 0 Å². The van der Waals surface area contributed by atoms with Crippen LogP contribution >= 0.6 is 12.2 Å². The molecule has 0 spiro atoms. The largest absolute Gasteiger partial charge is 0.504 e. The average molecular weight is 359 g/mol. The second-order valence-corrected chi connectivity index (χ2v) is 6.15. The van der Waals surface area contributed by atoms with Crippen molar-refractivity contribution in [2.45, 2.75) is 13.5 Å². The van der Waals surface area contributed by atoms with Crippen LogP contribution in [0, 0.1) is 16.4 Å². The first-order chi connectivity index (χ1) is 12.6. The fourth-order valence-corrected chi connectivity index (χ4v) is 2.40. The fraction of sp³-hybridized carbons (Fsp3) is 0.0909. The molecule has 0 amide bonds. The molecule has 26 heavy (non-hydrogen) atoms.